The van der Waals surface area contributed by atoms with Gasteiger partial charge in [-0.15, -0.1) is 0 Å². The maximum absolute atomic E-state index is 13.5. The van der Waals surface area contributed by atoms with Crippen LogP contribution >= 0.6 is 11.6 Å². The largest absolute Gasteiger partial charge is 0.355 e. The van der Waals surface area contributed by atoms with Gasteiger partial charge in [0.1, 0.15) is 5.82 Å². The van der Waals surface area contributed by atoms with Crippen LogP contribution in [0.4, 0.5) is 4.39 Å². The van der Waals surface area contributed by atoms with Crippen LogP contribution in [-0.4, -0.2) is 17.9 Å². The average molecular weight is 289 g/mol. The lowest BCUT2D eigenvalue weighted by atomic mass is 10.1. The van der Waals surface area contributed by atoms with Crippen molar-refractivity contribution in [3.63, 3.8) is 0 Å². The van der Waals surface area contributed by atoms with Crippen LogP contribution in [0, 0.1) is 17.7 Å². The monoisotopic (exact) mass is 288 g/mol. The van der Waals surface area contributed by atoms with Gasteiger partial charge in [-0.25, -0.2) is 4.39 Å². The molecule has 1 heterocycles. The lowest BCUT2D eigenvalue weighted by Gasteiger charge is -2.01. The van der Waals surface area contributed by atoms with Gasteiger partial charge in [0.15, 0.2) is 0 Å². The summed E-state index contributed by atoms with van der Waals surface area (Å²) in [6.07, 6.45) is 3.08. The number of rotatable bonds is 1. The van der Waals surface area contributed by atoms with Gasteiger partial charge >= 0.3 is 0 Å². The Morgan fingerprint density at radius 3 is 2.70 bits per heavy atom. The molecule has 20 heavy (non-hydrogen) atoms. The first-order chi connectivity index (χ1) is 9.60. The van der Waals surface area contributed by atoms with Gasteiger partial charge in [0.25, 0.3) is 5.91 Å². The molecule has 0 bridgehead atoms. The zero-order valence-electron chi connectivity index (χ0n) is 10.6. The predicted molar refractivity (Wildman–Crippen MR) is 75.0 cm³/mol. The third-order valence-corrected chi connectivity index (χ3v) is 2.70. The Balaban J connectivity index is 2.34. The van der Waals surface area contributed by atoms with Crippen LogP contribution in [0.3, 0.4) is 0 Å². The molecule has 5 heteroatoms. The maximum Gasteiger partial charge on any atom is 0.254 e. The number of pyridine rings is 1. The fraction of sp³-hybridized carbons (Fsp3) is 0.0667. The molecule has 0 aliphatic rings. The van der Waals surface area contributed by atoms with Crippen molar-refractivity contribution < 1.29 is 9.18 Å². The van der Waals surface area contributed by atoms with Gasteiger partial charge in [-0.2, -0.15) is 0 Å². The Morgan fingerprint density at radius 1 is 1.25 bits per heavy atom. The molecule has 0 aliphatic heterocycles. The minimum Gasteiger partial charge on any atom is -0.355 e. The van der Waals surface area contributed by atoms with Gasteiger partial charge in [-0.05, 0) is 24.3 Å². The number of amides is 1. The first kappa shape index (κ1) is 14.0. The SMILES string of the molecule is CNC(=O)c1cc(C#Cc2cncc(Cl)c2)ccc1F. The van der Waals surface area contributed by atoms with E-state index in [1.165, 1.54) is 31.4 Å². The second-order valence-corrected chi connectivity index (χ2v) is 4.35. The van der Waals surface area contributed by atoms with Crippen LogP contribution in [0.5, 0.6) is 0 Å². The average Bonchev–Trinajstić information content (AvgIpc) is 2.45. The summed E-state index contributed by atoms with van der Waals surface area (Å²) in [5.74, 6) is 4.62. The van der Waals surface area contributed by atoms with Crippen molar-refractivity contribution >= 4 is 17.5 Å². The summed E-state index contributed by atoms with van der Waals surface area (Å²) in [6, 6.07) is 5.79. The molecular weight excluding hydrogens is 279 g/mol. The van der Waals surface area contributed by atoms with E-state index in [2.05, 4.69) is 22.1 Å². The van der Waals surface area contributed by atoms with Crippen LogP contribution in [0.2, 0.25) is 5.02 Å². The van der Waals surface area contributed by atoms with Crippen molar-refractivity contribution in [2.24, 2.45) is 0 Å². The van der Waals surface area contributed by atoms with E-state index in [0.717, 1.165) is 0 Å². The number of hydrogen-bond donors (Lipinski definition) is 1. The van der Waals surface area contributed by atoms with E-state index >= 15 is 0 Å². The second-order valence-electron chi connectivity index (χ2n) is 3.92. The number of aromatic nitrogens is 1. The standard InChI is InChI=1S/C15H10ClFN2O/c1-18-15(20)13-7-10(4-5-14(13)17)2-3-11-6-12(16)9-19-8-11/h4-9H,1H3,(H,18,20). The summed E-state index contributed by atoms with van der Waals surface area (Å²) in [4.78, 5) is 15.4. The van der Waals surface area contributed by atoms with Crippen molar-refractivity contribution in [2.75, 3.05) is 7.05 Å². The van der Waals surface area contributed by atoms with Gasteiger partial charge in [0.2, 0.25) is 0 Å². The molecule has 3 nitrogen and oxygen atoms in total. The van der Waals surface area contributed by atoms with E-state index < -0.39 is 11.7 Å². The first-order valence-electron chi connectivity index (χ1n) is 5.74. The molecule has 0 unspecified atom stereocenters. The lowest BCUT2D eigenvalue weighted by molar-refractivity contribution is 0.0959. The molecule has 1 aromatic carbocycles. The molecule has 0 aliphatic carbocycles. The van der Waals surface area contributed by atoms with E-state index in [9.17, 15) is 9.18 Å². The molecule has 2 rings (SSSR count). The third kappa shape index (κ3) is 3.34. The van der Waals surface area contributed by atoms with Crippen molar-refractivity contribution in [1.29, 1.82) is 0 Å². The normalized spacial score (nSPS) is 9.55. The molecule has 0 saturated heterocycles. The topological polar surface area (TPSA) is 42.0 Å². The van der Waals surface area contributed by atoms with Crippen LogP contribution in [0.15, 0.2) is 36.7 Å². The molecule has 1 N–H and O–H groups in total. The van der Waals surface area contributed by atoms with E-state index in [1.807, 2.05) is 0 Å². The van der Waals surface area contributed by atoms with E-state index in [4.69, 9.17) is 11.6 Å². The molecule has 0 fully saturated rings. The Hall–Kier alpha value is -2.38. The number of carbonyl (C=O) groups is 1. The van der Waals surface area contributed by atoms with E-state index in [-0.39, 0.29) is 5.56 Å². The molecule has 100 valence electrons. The zero-order chi connectivity index (χ0) is 14.5. The highest BCUT2D eigenvalue weighted by Crippen LogP contribution is 2.11. The van der Waals surface area contributed by atoms with Crippen molar-refractivity contribution in [3.05, 3.63) is 64.2 Å². The van der Waals surface area contributed by atoms with Crippen molar-refractivity contribution in [3.8, 4) is 11.8 Å². The highest BCUT2D eigenvalue weighted by molar-refractivity contribution is 6.30. The van der Waals surface area contributed by atoms with Gasteiger partial charge in [0, 0.05) is 30.6 Å². The van der Waals surface area contributed by atoms with Crippen LogP contribution < -0.4 is 5.32 Å². The minimum absolute atomic E-state index is 0.0384. The fourth-order valence-electron chi connectivity index (χ4n) is 1.54. The predicted octanol–water partition coefficient (Wildman–Crippen LogP) is 2.63. The molecule has 0 spiro atoms. The molecule has 0 saturated carbocycles. The molecule has 1 aromatic heterocycles. The van der Waals surface area contributed by atoms with Crippen molar-refractivity contribution in [2.45, 2.75) is 0 Å². The quantitative estimate of drug-likeness (QED) is 0.820. The molecule has 0 atom stereocenters. The summed E-state index contributed by atoms with van der Waals surface area (Å²) >= 11 is 5.80. The van der Waals surface area contributed by atoms with E-state index in [1.54, 1.807) is 12.3 Å². The number of nitrogens with one attached hydrogen (secondary N) is 1. The van der Waals surface area contributed by atoms with Crippen LogP contribution in [0.25, 0.3) is 0 Å². The first-order valence-corrected chi connectivity index (χ1v) is 6.12. The number of carbonyl (C=O) groups excluding carboxylic acids is 1. The van der Waals surface area contributed by atoms with Gasteiger partial charge in [-0.1, -0.05) is 23.4 Å². The van der Waals surface area contributed by atoms with Crippen LogP contribution in [-0.2, 0) is 0 Å². The van der Waals surface area contributed by atoms with Gasteiger partial charge in [-0.3, -0.25) is 9.78 Å². The van der Waals surface area contributed by atoms with Gasteiger partial charge < -0.3 is 5.32 Å². The summed E-state index contributed by atoms with van der Waals surface area (Å²) in [6.45, 7) is 0. The Labute approximate surface area is 120 Å². The highest BCUT2D eigenvalue weighted by atomic mass is 35.5. The fourth-order valence-corrected chi connectivity index (χ4v) is 1.71. The summed E-state index contributed by atoms with van der Waals surface area (Å²) < 4.78 is 13.5. The number of halogens is 2. The summed E-state index contributed by atoms with van der Waals surface area (Å²) in [5, 5.41) is 2.86. The Bertz CT molecular complexity index is 719. The maximum atomic E-state index is 13.5. The zero-order valence-corrected chi connectivity index (χ0v) is 11.3. The Morgan fingerprint density at radius 2 is 2.00 bits per heavy atom. The molecule has 1 amide bonds. The molecule has 0 radical (unpaired) electrons. The number of nitrogens with zero attached hydrogens (tertiary/aromatic N) is 1. The Kier molecular flexibility index (Phi) is 4.34. The van der Waals surface area contributed by atoms with Crippen LogP contribution in [0.1, 0.15) is 21.5 Å². The number of benzene rings is 1. The lowest BCUT2D eigenvalue weighted by Crippen LogP contribution is -2.19. The minimum atomic E-state index is -0.584. The highest BCUT2D eigenvalue weighted by Gasteiger charge is 2.09. The molecular formula is C15H10ClFN2O. The van der Waals surface area contributed by atoms with Gasteiger partial charge in [0.05, 0.1) is 10.6 Å². The van der Waals surface area contributed by atoms with E-state index in [0.29, 0.717) is 16.1 Å². The number of hydrogen-bond acceptors (Lipinski definition) is 2. The summed E-state index contributed by atoms with van der Waals surface area (Å²) in [7, 11) is 1.44. The summed E-state index contributed by atoms with van der Waals surface area (Å²) in [5.41, 5.74) is 1.14. The molecule has 2 aromatic rings. The third-order valence-electron chi connectivity index (χ3n) is 2.49. The van der Waals surface area contributed by atoms with Crippen molar-refractivity contribution in [1.82, 2.24) is 10.3 Å². The second kappa shape index (κ2) is 6.18. The smallest absolute Gasteiger partial charge is 0.254 e.